The van der Waals surface area contributed by atoms with Crippen LogP contribution in [0, 0.1) is 0 Å². The zero-order chi connectivity index (χ0) is 11.2. The Kier molecular flexibility index (Phi) is 5.72. The number of hydrogen-bond donors (Lipinski definition) is 3. The molecule has 0 saturated carbocycles. The highest BCUT2D eigenvalue weighted by Crippen LogP contribution is 2.04. The van der Waals surface area contributed by atoms with Crippen LogP contribution in [0.1, 0.15) is 40.0 Å². The minimum Gasteiger partial charge on any atom is -0.396 e. The van der Waals surface area contributed by atoms with Crippen LogP contribution in [0.2, 0.25) is 0 Å². The number of aliphatic hydroxyl groups is 1. The number of nitrogens with two attached hydrogens (primary N) is 1. The van der Waals surface area contributed by atoms with E-state index in [0.717, 1.165) is 6.42 Å². The van der Waals surface area contributed by atoms with Gasteiger partial charge in [0.15, 0.2) is 0 Å². The summed E-state index contributed by atoms with van der Waals surface area (Å²) in [7, 11) is 0. The number of nitrogens with one attached hydrogen (secondary N) is 1. The molecule has 0 aromatic rings. The van der Waals surface area contributed by atoms with E-state index in [4.69, 9.17) is 10.8 Å². The molecular formula is C10H22N2O2. The van der Waals surface area contributed by atoms with Gasteiger partial charge in [0.1, 0.15) is 0 Å². The fraction of sp³-hybridized carbons (Fsp3) is 0.900. The predicted octanol–water partition coefficient (Wildman–Crippen LogP) is 0.391. The van der Waals surface area contributed by atoms with Crippen molar-refractivity contribution >= 4 is 5.91 Å². The van der Waals surface area contributed by atoms with E-state index in [0.29, 0.717) is 12.8 Å². The van der Waals surface area contributed by atoms with E-state index in [1.807, 2.05) is 20.8 Å². The monoisotopic (exact) mass is 202 g/mol. The first kappa shape index (κ1) is 13.4. The first-order chi connectivity index (χ1) is 6.39. The van der Waals surface area contributed by atoms with Crippen molar-refractivity contribution in [2.24, 2.45) is 5.73 Å². The molecule has 0 heterocycles. The highest BCUT2D eigenvalue weighted by molar-refractivity contribution is 5.77. The fourth-order valence-electron chi connectivity index (χ4n) is 1.23. The van der Waals surface area contributed by atoms with Crippen LogP contribution in [0.4, 0.5) is 0 Å². The third-order valence-corrected chi connectivity index (χ3v) is 1.95. The van der Waals surface area contributed by atoms with Crippen molar-refractivity contribution in [1.82, 2.24) is 5.32 Å². The number of rotatable bonds is 6. The first-order valence-electron chi connectivity index (χ1n) is 5.08. The summed E-state index contributed by atoms with van der Waals surface area (Å²) in [6, 6.07) is 0.0647. The van der Waals surface area contributed by atoms with E-state index in [2.05, 4.69) is 5.32 Å². The summed E-state index contributed by atoms with van der Waals surface area (Å²) < 4.78 is 0. The zero-order valence-electron chi connectivity index (χ0n) is 9.34. The van der Waals surface area contributed by atoms with Gasteiger partial charge in [0.25, 0.3) is 0 Å². The summed E-state index contributed by atoms with van der Waals surface area (Å²) >= 11 is 0. The summed E-state index contributed by atoms with van der Waals surface area (Å²) in [6.07, 6.45) is 1.75. The summed E-state index contributed by atoms with van der Waals surface area (Å²) in [5, 5.41) is 11.6. The second kappa shape index (κ2) is 5.98. The molecule has 1 unspecified atom stereocenters. The van der Waals surface area contributed by atoms with Crippen LogP contribution in [0.25, 0.3) is 0 Å². The molecule has 0 bridgehead atoms. The predicted molar refractivity (Wildman–Crippen MR) is 56.8 cm³/mol. The van der Waals surface area contributed by atoms with Gasteiger partial charge in [0.05, 0.1) is 0 Å². The summed E-state index contributed by atoms with van der Waals surface area (Å²) in [4.78, 5) is 11.4. The Morgan fingerprint density at radius 2 is 2.14 bits per heavy atom. The van der Waals surface area contributed by atoms with Gasteiger partial charge in [0.2, 0.25) is 5.91 Å². The van der Waals surface area contributed by atoms with E-state index in [1.54, 1.807) is 0 Å². The Balaban J connectivity index is 3.91. The molecule has 0 spiro atoms. The molecule has 0 rings (SSSR count). The van der Waals surface area contributed by atoms with Gasteiger partial charge in [-0.05, 0) is 26.7 Å². The molecule has 0 radical (unpaired) electrons. The van der Waals surface area contributed by atoms with Gasteiger partial charge in [-0.2, -0.15) is 0 Å². The van der Waals surface area contributed by atoms with Crippen LogP contribution < -0.4 is 11.1 Å². The minimum absolute atomic E-state index is 0.0437. The normalized spacial score (nSPS) is 13.8. The van der Waals surface area contributed by atoms with Gasteiger partial charge in [0, 0.05) is 24.6 Å². The Morgan fingerprint density at radius 1 is 1.57 bits per heavy atom. The van der Waals surface area contributed by atoms with Gasteiger partial charge in [-0.15, -0.1) is 0 Å². The average Bonchev–Trinajstić information content (AvgIpc) is 2.00. The highest BCUT2D eigenvalue weighted by Gasteiger charge is 2.18. The fourth-order valence-corrected chi connectivity index (χ4v) is 1.23. The van der Waals surface area contributed by atoms with Crippen molar-refractivity contribution in [2.45, 2.75) is 51.6 Å². The molecule has 0 aliphatic carbocycles. The molecule has 4 nitrogen and oxygen atoms in total. The number of aliphatic hydroxyl groups excluding tert-OH is 1. The third kappa shape index (κ3) is 6.86. The second-order valence-electron chi connectivity index (χ2n) is 4.35. The molecule has 0 aliphatic heterocycles. The molecule has 1 amide bonds. The largest absolute Gasteiger partial charge is 0.396 e. The maximum Gasteiger partial charge on any atom is 0.222 e. The summed E-state index contributed by atoms with van der Waals surface area (Å²) in [5.41, 5.74) is 5.25. The lowest BCUT2D eigenvalue weighted by atomic mass is 10.0. The standard InChI is InChI=1S/C10H22N2O2/c1-4-8(5-6-13)12-9(14)7-10(2,3)11/h8,13H,4-7,11H2,1-3H3,(H,12,14). The van der Waals surface area contributed by atoms with Crippen molar-refractivity contribution in [1.29, 1.82) is 0 Å². The number of carbonyl (C=O) groups excluding carboxylic acids is 1. The number of carbonyl (C=O) groups is 1. The molecule has 0 aromatic heterocycles. The summed E-state index contributed by atoms with van der Waals surface area (Å²) in [5.74, 6) is -0.0437. The van der Waals surface area contributed by atoms with Crippen LogP contribution in [0.3, 0.4) is 0 Å². The lowest BCUT2D eigenvalue weighted by molar-refractivity contribution is -0.122. The van der Waals surface area contributed by atoms with Crippen molar-refractivity contribution < 1.29 is 9.90 Å². The Bertz CT molecular complexity index is 175. The minimum atomic E-state index is -0.471. The summed E-state index contributed by atoms with van der Waals surface area (Å²) in [6.45, 7) is 5.72. The molecule has 0 aliphatic rings. The van der Waals surface area contributed by atoms with E-state index < -0.39 is 5.54 Å². The number of hydrogen-bond acceptors (Lipinski definition) is 3. The zero-order valence-corrected chi connectivity index (χ0v) is 9.34. The quantitative estimate of drug-likeness (QED) is 0.583. The SMILES string of the molecule is CCC(CCO)NC(=O)CC(C)(C)N. The van der Waals surface area contributed by atoms with Crippen LogP contribution >= 0.6 is 0 Å². The molecule has 1 atom stereocenters. The van der Waals surface area contributed by atoms with Crippen molar-refractivity contribution in [3.05, 3.63) is 0 Å². The molecule has 84 valence electrons. The maximum atomic E-state index is 11.4. The van der Waals surface area contributed by atoms with E-state index >= 15 is 0 Å². The van der Waals surface area contributed by atoms with Crippen molar-refractivity contribution in [3.63, 3.8) is 0 Å². The molecular weight excluding hydrogens is 180 g/mol. The van der Waals surface area contributed by atoms with E-state index in [9.17, 15) is 4.79 Å². The Labute approximate surface area is 85.9 Å². The maximum absolute atomic E-state index is 11.4. The molecule has 0 aromatic carbocycles. The lowest BCUT2D eigenvalue weighted by Crippen LogP contribution is -2.42. The van der Waals surface area contributed by atoms with Gasteiger partial charge >= 0.3 is 0 Å². The third-order valence-electron chi connectivity index (χ3n) is 1.95. The van der Waals surface area contributed by atoms with E-state index in [1.165, 1.54) is 0 Å². The topological polar surface area (TPSA) is 75.3 Å². The molecule has 4 N–H and O–H groups in total. The van der Waals surface area contributed by atoms with Gasteiger partial charge < -0.3 is 16.2 Å². The molecule has 0 fully saturated rings. The Morgan fingerprint density at radius 3 is 2.50 bits per heavy atom. The van der Waals surface area contributed by atoms with Crippen molar-refractivity contribution in [2.75, 3.05) is 6.61 Å². The second-order valence-corrected chi connectivity index (χ2v) is 4.35. The van der Waals surface area contributed by atoms with E-state index in [-0.39, 0.29) is 18.6 Å². The smallest absolute Gasteiger partial charge is 0.222 e. The van der Waals surface area contributed by atoms with Crippen LogP contribution in [-0.4, -0.2) is 29.2 Å². The van der Waals surface area contributed by atoms with Crippen LogP contribution in [0.15, 0.2) is 0 Å². The average molecular weight is 202 g/mol. The van der Waals surface area contributed by atoms with Crippen LogP contribution in [0.5, 0.6) is 0 Å². The van der Waals surface area contributed by atoms with Gasteiger partial charge in [-0.3, -0.25) is 4.79 Å². The van der Waals surface area contributed by atoms with Gasteiger partial charge in [-0.1, -0.05) is 6.92 Å². The highest BCUT2D eigenvalue weighted by atomic mass is 16.3. The number of amides is 1. The lowest BCUT2D eigenvalue weighted by Gasteiger charge is -2.21. The van der Waals surface area contributed by atoms with Gasteiger partial charge in [-0.25, -0.2) is 0 Å². The first-order valence-corrected chi connectivity index (χ1v) is 5.08. The Hall–Kier alpha value is -0.610. The molecule has 14 heavy (non-hydrogen) atoms. The van der Waals surface area contributed by atoms with Crippen molar-refractivity contribution in [3.8, 4) is 0 Å². The molecule has 0 saturated heterocycles. The van der Waals surface area contributed by atoms with Crippen LogP contribution in [-0.2, 0) is 4.79 Å². The molecule has 4 heteroatoms.